The second-order valence-corrected chi connectivity index (χ2v) is 11.0. The molecule has 0 saturated heterocycles. The second-order valence-electron chi connectivity index (χ2n) is 5.54. The Morgan fingerprint density at radius 2 is 1.65 bits per heavy atom. The van der Waals surface area contributed by atoms with Crippen LogP contribution in [-0.2, 0) is 0 Å². The van der Waals surface area contributed by atoms with Crippen molar-refractivity contribution < 1.29 is 4.79 Å². The molecular formula is C17H27NOSi. The fraction of sp³-hybridized carbons (Fsp3) is 0.471. The number of rotatable bonds is 7. The van der Waals surface area contributed by atoms with Crippen LogP contribution in [0.1, 0.15) is 38.1 Å². The van der Waals surface area contributed by atoms with E-state index in [0.717, 1.165) is 11.1 Å². The molecule has 1 aromatic rings. The Hall–Kier alpha value is -1.35. The largest absolute Gasteiger partial charge is 0.348 e. The highest BCUT2D eigenvalue weighted by Crippen LogP contribution is 2.28. The Labute approximate surface area is 124 Å². The predicted octanol–water partition coefficient (Wildman–Crippen LogP) is 4.41. The molecule has 1 amide bonds. The van der Waals surface area contributed by atoms with Gasteiger partial charge in [0.15, 0.2) is 0 Å². The molecule has 1 aromatic carbocycles. The first kappa shape index (κ1) is 16.7. The van der Waals surface area contributed by atoms with Crippen LogP contribution in [0.5, 0.6) is 0 Å². The van der Waals surface area contributed by atoms with Crippen molar-refractivity contribution in [1.82, 2.24) is 5.32 Å². The van der Waals surface area contributed by atoms with Crippen molar-refractivity contribution in [1.29, 1.82) is 0 Å². The number of benzene rings is 1. The van der Waals surface area contributed by atoms with Crippen molar-refractivity contribution in [3.05, 3.63) is 48.0 Å². The number of amides is 1. The fourth-order valence-electron chi connectivity index (χ4n) is 2.97. The van der Waals surface area contributed by atoms with Gasteiger partial charge in [-0.25, -0.2) is 0 Å². The van der Waals surface area contributed by atoms with E-state index in [1.165, 1.54) is 18.1 Å². The topological polar surface area (TPSA) is 29.1 Å². The summed E-state index contributed by atoms with van der Waals surface area (Å²) < 4.78 is 0. The van der Waals surface area contributed by atoms with Crippen LogP contribution in [0.4, 0.5) is 0 Å². The first-order valence-corrected chi connectivity index (χ1v) is 10.2. The average Bonchev–Trinajstić information content (AvgIpc) is 2.48. The van der Waals surface area contributed by atoms with Crippen LogP contribution in [0.3, 0.4) is 0 Å². The lowest BCUT2D eigenvalue weighted by molar-refractivity contribution is 0.0951. The monoisotopic (exact) mass is 289 g/mol. The molecule has 0 saturated carbocycles. The van der Waals surface area contributed by atoms with E-state index in [-0.39, 0.29) is 11.6 Å². The molecule has 20 heavy (non-hydrogen) atoms. The highest BCUT2D eigenvalue weighted by molar-refractivity contribution is 6.81. The van der Waals surface area contributed by atoms with Crippen molar-refractivity contribution in [2.75, 3.05) is 0 Å². The maximum absolute atomic E-state index is 12.4. The van der Waals surface area contributed by atoms with E-state index in [2.05, 4.69) is 32.7 Å². The van der Waals surface area contributed by atoms with E-state index in [9.17, 15) is 4.79 Å². The molecule has 110 valence electrons. The van der Waals surface area contributed by atoms with Gasteiger partial charge in [0.1, 0.15) is 0 Å². The molecule has 1 atom stereocenters. The third kappa shape index (κ3) is 3.60. The van der Waals surface area contributed by atoms with Gasteiger partial charge in [0.05, 0.1) is 8.07 Å². The second kappa shape index (κ2) is 7.43. The molecule has 0 spiro atoms. The summed E-state index contributed by atoms with van der Waals surface area (Å²) in [5.41, 5.74) is 1.98. The zero-order chi connectivity index (χ0) is 15.2. The fourth-order valence-corrected chi connectivity index (χ4v) is 7.17. The van der Waals surface area contributed by atoms with Gasteiger partial charge in [0, 0.05) is 11.2 Å². The van der Waals surface area contributed by atoms with Crippen LogP contribution in [0.25, 0.3) is 0 Å². The lowest BCUT2D eigenvalue weighted by atomic mass is 10.2. The van der Waals surface area contributed by atoms with Crippen LogP contribution in [0, 0.1) is 0 Å². The first-order chi connectivity index (χ1) is 9.50. The van der Waals surface area contributed by atoms with Crippen LogP contribution in [-0.4, -0.2) is 19.6 Å². The molecule has 1 N–H and O–H groups in total. The smallest absolute Gasteiger partial charge is 0.251 e. The summed E-state index contributed by atoms with van der Waals surface area (Å²) >= 11 is 0. The molecule has 3 heteroatoms. The minimum Gasteiger partial charge on any atom is -0.348 e. The standard InChI is InChI=1S/C17H27NOSi/c1-6-20(7-2,8-3)17(14(4)5)18-16(19)15-12-10-9-11-13-15/h9-13,17H,4,6-8H2,1-3,5H3,(H,18,19). The zero-order valence-electron chi connectivity index (χ0n) is 13.2. The summed E-state index contributed by atoms with van der Waals surface area (Å²) in [5.74, 6) is 0.0193. The molecule has 0 heterocycles. The summed E-state index contributed by atoms with van der Waals surface area (Å²) in [5, 5.41) is 3.25. The van der Waals surface area contributed by atoms with Gasteiger partial charge in [0.25, 0.3) is 5.91 Å². The third-order valence-electron chi connectivity index (χ3n) is 4.53. The highest BCUT2D eigenvalue weighted by Gasteiger charge is 2.37. The molecular weight excluding hydrogens is 262 g/mol. The van der Waals surface area contributed by atoms with Crippen molar-refractivity contribution in [3.63, 3.8) is 0 Å². The summed E-state index contributed by atoms with van der Waals surface area (Å²) in [6.07, 6.45) is 0. The summed E-state index contributed by atoms with van der Waals surface area (Å²) in [6.45, 7) is 12.9. The molecule has 2 nitrogen and oxygen atoms in total. The molecule has 0 radical (unpaired) electrons. The highest BCUT2D eigenvalue weighted by atomic mass is 28.3. The third-order valence-corrected chi connectivity index (χ3v) is 10.6. The molecule has 0 aliphatic heterocycles. The molecule has 0 fully saturated rings. The Kier molecular flexibility index (Phi) is 6.21. The van der Waals surface area contributed by atoms with Gasteiger partial charge in [-0.05, 0) is 19.1 Å². The Morgan fingerprint density at radius 1 is 1.15 bits per heavy atom. The predicted molar refractivity (Wildman–Crippen MR) is 89.7 cm³/mol. The zero-order valence-corrected chi connectivity index (χ0v) is 14.2. The van der Waals surface area contributed by atoms with Crippen molar-refractivity contribution in [2.45, 2.75) is 51.5 Å². The Balaban J connectivity index is 2.99. The van der Waals surface area contributed by atoms with Gasteiger partial charge in [-0.3, -0.25) is 4.79 Å². The Bertz CT molecular complexity index is 443. The van der Waals surface area contributed by atoms with Crippen LogP contribution < -0.4 is 5.32 Å². The summed E-state index contributed by atoms with van der Waals surface area (Å²) in [7, 11) is -1.54. The molecule has 1 unspecified atom stereocenters. The normalized spacial score (nSPS) is 12.8. The number of hydrogen-bond donors (Lipinski definition) is 1. The van der Waals surface area contributed by atoms with Crippen LogP contribution >= 0.6 is 0 Å². The van der Waals surface area contributed by atoms with Gasteiger partial charge in [-0.1, -0.05) is 69.3 Å². The number of carbonyl (C=O) groups excluding carboxylic acids is 1. The van der Waals surface area contributed by atoms with Crippen molar-refractivity contribution in [2.24, 2.45) is 0 Å². The minimum atomic E-state index is -1.54. The summed E-state index contributed by atoms with van der Waals surface area (Å²) in [4.78, 5) is 12.4. The SMILES string of the molecule is C=C(C)C(NC(=O)c1ccccc1)[Si](CC)(CC)CC. The Morgan fingerprint density at radius 3 is 2.05 bits per heavy atom. The van der Waals surface area contributed by atoms with E-state index in [0.29, 0.717) is 0 Å². The van der Waals surface area contributed by atoms with E-state index < -0.39 is 8.07 Å². The molecule has 1 rings (SSSR count). The van der Waals surface area contributed by atoms with Gasteiger partial charge in [-0.15, -0.1) is 0 Å². The minimum absolute atomic E-state index is 0.0193. The maximum Gasteiger partial charge on any atom is 0.251 e. The lowest BCUT2D eigenvalue weighted by Gasteiger charge is -2.38. The van der Waals surface area contributed by atoms with Crippen molar-refractivity contribution in [3.8, 4) is 0 Å². The molecule has 0 aliphatic rings. The quantitative estimate of drug-likeness (QED) is 0.584. The van der Waals surface area contributed by atoms with Gasteiger partial charge < -0.3 is 5.32 Å². The van der Waals surface area contributed by atoms with Crippen LogP contribution in [0.15, 0.2) is 42.5 Å². The number of carbonyl (C=O) groups is 1. The van der Waals surface area contributed by atoms with Crippen LogP contribution in [0.2, 0.25) is 18.1 Å². The summed E-state index contributed by atoms with van der Waals surface area (Å²) in [6, 6.07) is 13.0. The maximum atomic E-state index is 12.4. The lowest BCUT2D eigenvalue weighted by Crippen LogP contribution is -2.56. The number of nitrogens with one attached hydrogen (secondary N) is 1. The average molecular weight is 289 g/mol. The van der Waals surface area contributed by atoms with Gasteiger partial charge in [-0.2, -0.15) is 0 Å². The van der Waals surface area contributed by atoms with Crippen molar-refractivity contribution >= 4 is 14.0 Å². The number of hydrogen-bond acceptors (Lipinski definition) is 1. The molecule has 0 bridgehead atoms. The molecule has 0 aliphatic carbocycles. The van der Waals surface area contributed by atoms with E-state index >= 15 is 0 Å². The van der Waals surface area contributed by atoms with Gasteiger partial charge in [0.2, 0.25) is 0 Å². The van der Waals surface area contributed by atoms with E-state index in [4.69, 9.17) is 0 Å². The first-order valence-electron chi connectivity index (χ1n) is 7.52. The van der Waals surface area contributed by atoms with Gasteiger partial charge >= 0.3 is 0 Å². The van der Waals surface area contributed by atoms with E-state index in [1.54, 1.807) is 0 Å². The molecule has 0 aromatic heterocycles. The van der Waals surface area contributed by atoms with E-state index in [1.807, 2.05) is 37.3 Å².